The van der Waals surface area contributed by atoms with Gasteiger partial charge in [-0.15, -0.1) is 0 Å². The third-order valence-corrected chi connectivity index (χ3v) is 8.03. The molecule has 1 aromatic carbocycles. The van der Waals surface area contributed by atoms with Gasteiger partial charge in [0.25, 0.3) is 0 Å². The van der Waals surface area contributed by atoms with Gasteiger partial charge in [0.15, 0.2) is 0 Å². The number of carbonyl (C=O) groups excluding carboxylic acids is 1. The molecule has 4 bridgehead atoms. The maximum absolute atomic E-state index is 12.9. The van der Waals surface area contributed by atoms with Crippen LogP contribution in [-0.4, -0.2) is 25.0 Å². The van der Waals surface area contributed by atoms with Crippen molar-refractivity contribution in [2.24, 2.45) is 17.3 Å². The van der Waals surface area contributed by atoms with E-state index in [-0.39, 0.29) is 17.4 Å². The lowest BCUT2D eigenvalue weighted by Crippen LogP contribution is -2.54. The number of alkyl halides is 1. The van der Waals surface area contributed by atoms with Gasteiger partial charge in [-0.2, -0.15) is 5.10 Å². The Kier molecular flexibility index (Phi) is 4.38. The summed E-state index contributed by atoms with van der Waals surface area (Å²) in [5.74, 6) is 1.83. The second-order valence-electron chi connectivity index (χ2n) is 9.51. The molecule has 148 valence electrons. The molecule has 6 rings (SSSR count). The monoisotopic (exact) mass is 442 g/mol. The van der Waals surface area contributed by atoms with E-state index in [1.165, 1.54) is 44.9 Å². The second-order valence-corrected chi connectivity index (χ2v) is 11.2. The SMILES string of the molecule is CC(NC(=O)CC12CC3CC(CC(Br)(C3)C1)C2)c1ccc(-n2cncn2)cc1. The van der Waals surface area contributed by atoms with Crippen LogP contribution >= 0.6 is 15.9 Å². The molecule has 28 heavy (non-hydrogen) atoms. The molecule has 0 saturated heterocycles. The number of halogens is 1. The maximum Gasteiger partial charge on any atom is 0.221 e. The average molecular weight is 443 g/mol. The summed E-state index contributed by atoms with van der Waals surface area (Å²) in [4.78, 5) is 16.9. The molecule has 3 unspecified atom stereocenters. The van der Waals surface area contributed by atoms with Crippen LogP contribution in [0.15, 0.2) is 36.9 Å². The third-order valence-electron chi connectivity index (χ3n) is 7.10. The molecule has 4 fully saturated rings. The number of nitrogens with zero attached hydrogens (tertiary/aromatic N) is 3. The Bertz CT molecular complexity index is 849. The summed E-state index contributed by atoms with van der Waals surface area (Å²) in [5, 5.41) is 7.40. The predicted octanol–water partition coefficient (Wildman–Crippen LogP) is 4.57. The van der Waals surface area contributed by atoms with Crippen molar-refractivity contribution < 1.29 is 4.79 Å². The van der Waals surface area contributed by atoms with E-state index in [1.54, 1.807) is 11.0 Å². The summed E-state index contributed by atoms with van der Waals surface area (Å²) in [6.07, 6.45) is 11.5. The van der Waals surface area contributed by atoms with Gasteiger partial charge in [-0.25, -0.2) is 9.67 Å². The highest BCUT2D eigenvalue weighted by Crippen LogP contribution is 2.65. The Morgan fingerprint density at radius 2 is 1.96 bits per heavy atom. The maximum atomic E-state index is 12.9. The van der Waals surface area contributed by atoms with E-state index < -0.39 is 0 Å². The number of carbonyl (C=O) groups is 1. The topological polar surface area (TPSA) is 59.8 Å². The smallest absolute Gasteiger partial charge is 0.221 e. The number of hydrogen-bond acceptors (Lipinski definition) is 3. The van der Waals surface area contributed by atoms with Crippen molar-refractivity contribution in [1.29, 1.82) is 0 Å². The van der Waals surface area contributed by atoms with E-state index in [9.17, 15) is 4.79 Å². The zero-order chi connectivity index (χ0) is 19.4. The molecule has 4 aliphatic rings. The minimum atomic E-state index is 0.00383. The van der Waals surface area contributed by atoms with Crippen LogP contribution in [0, 0.1) is 17.3 Å². The molecule has 4 saturated carbocycles. The van der Waals surface area contributed by atoms with E-state index >= 15 is 0 Å². The lowest BCUT2D eigenvalue weighted by molar-refractivity contribution is -0.128. The number of aromatic nitrogens is 3. The van der Waals surface area contributed by atoms with Gasteiger partial charge in [0.2, 0.25) is 5.91 Å². The molecular formula is C22H27BrN4O. The number of nitrogens with one attached hydrogen (secondary N) is 1. The molecule has 3 atom stereocenters. The first-order valence-corrected chi connectivity index (χ1v) is 11.1. The first kappa shape index (κ1) is 18.3. The van der Waals surface area contributed by atoms with Crippen LogP contribution in [0.2, 0.25) is 0 Å². The van der Waals surface area contributed by atoms with Crippen LogP contribution in [0.5, 0.6) is 0 Å². The van der Waals surface area contributed by atoms with Crippen LogP contribution in [0.1, 0.15) is 63.5 Å². The van der Waals surface area contributed by atoms with Gasteiger partial charge in [-0.3, -0.25) is 4.79 Å². The number of amides is 1. The Morgan fingerprint density at radius 3 is 2.57 bits per heavy atom. The molecule has 0 spiro atoms. The minimum absolute atomic E-state index is 0.00383. The van der Waals surface area contributed by atoms with E-state index in [2.05, 4.69) is 50.4 Å². The highest BCUT2D eigenvalue weighted by molar-refractivity contribution is 9.10. The first-order valence-electron chi connectivity index (χ1n) is 10.4. The van der Waals surface area contributed by atoms with Crippen molar-refractivity contribution >= 4 is 21.8 Å². The van der Waals surface area contributed by atoms with Crippen molar-refractivity contribution in [3.63, 3.8) is 0 Å². The van der Waals surface area contributed by atoms with Gasteiger partial charge in [-0.05, 0) is 80.4 Å². The molecule has 5 nitrogen and oxygen atoms in total. The average Bonchev–Trinajstić information content (AvgIpc) is 3.13. The Balaban J connectivity index is 1.23. The van der Waals surface area contributed by atoms with E-state index in [1.807, 2.05) is 12.1 Å². The van der Waals surface area contributed by atoms with E-state index in [4.69, 9.17) is 0 Å². The Hall–Kier alpha value is -1.69. The van der Waals surface area contributed by atoms with Gasteiger partial charge in [0, 0.05) is 10.7 Å². The highest BCUT2D eigenvalue weighted by Gasteiger charge is 2.57. The Morgan fingerprint density at radius 1 is 1.25 bits per heavy atom. The molecule has 4 aliphatic carbocycles. The van der Waals surface area contributed by atoms with Crippen molar-refractivity contribution in [1.82, 2.24) is 20.1 Å². The standard InChI is InChI=1S/C22H27BrN4O/c1-15(18-2-4-19(5-3-18)27-14-24-13-25-27)26-20(28)11-21-7-16-6-17(8-21)10-22(23,9-16)12-21/h2-5,13-17H,6-12H2,1H3,(H,26,28). The lowest BCUT2D eigenvalue weighted by Gasteiger charge is -2.60. The first-order chi connectivity index (χ1) is 13.4. The molecular weight excluding hydrogens is 416 g/mol. The van der Waals surface area contributed by atoms with Gasteiger partial charge in [0.05, 0.1) is 11.7 Å². The normalized spacial score (nSPS) is 34.4. The molecule has 2 aromatic rings. The van der Waals surface area contributed by atoms with Gasteiger partial charge in [0.1, 0.15) is 12.7 Å². The summed E-state index contributed by atoms with van der Waals surface area (Å²) in [7, 11) is 0. The molecule has 1 heterocycles. The van der Waals surface area contributed by atoms with E-state index in [0.717, 1.165) is 23.1 Å². The quantitative estimate of drug-likeness (QED) is 0.689. The summed E-state index contributed by atoms with van der Waals surface area (Å²) >= 11 is 4.05. The third kappa shape index (κ3) is 3.40. The van der Waals surface area contributed by atoms with Crippen LogP contribution in [-0.2, 0) is 4.79 Å². The molecule has 0 aliphatic heterocycles. The zero-order valence-corrected chi connectivity index (χ0v) is 17.9. The van der Waals surface area contributed by atoms with E-state index in [0.29, 0.717) is 10.7 Å². The number of benzene rings is 1. The number of rotatable bonds is 5. The second kappa shape index (κ2) is 6.68. The predicted molar refractivity (Wildman–Crippen MR) is 111 cm³/mol. The van der Waals surface area contributed by atoms with Gasteiger partial charge in [-0.1, -0.05) is 28.1 Å². The summed E-state index contributed by atoms with van der Waals surface area (Å²) in [5.41, 5.74) is 2.30. The Labute approximate surface area is 174 Å². The van der Waals surface area contributed by atoms with Crippen molar-refractivity contribution in [2.45, 2.75) is 62.2 Å². The summed E-state index contributed by atoms with van der Waals surface area (Å²) in [6, 6.07) is 8.14. The van der Waals surface area contributed by atoms with Gasteiger partial charge < -0.3 is 5.32 Å². The lowest BCUT2D eigenvalue weighted by atomic mass is 9.48. The molecule has 6 heteroatoms. The highest BCUT2D eigenvalue weighted by atomic mass is 79.9. The summed E-state index contributed by atoms with van der Waals surface area (Å²) in [6.45, 7) is 2.06. The van der Waals surface area contributed by atoms with Crippen LogP contribution < -0.4 is 5.32 Å². The molecule has 1 aromatic heterocycles. The number of hydrogen-bond donors (Lipinski definition) is 1. The van der Waals surface area contributed by atoms with Crippen molar-refractivity contribution in [2.75, 3.05) is 0 Å². The minimum Gasteiger partial charge on any atom is -0.350 e. The van der Waals surface area contributed by atoms with Gasteiger partial charge >= 0.3 is 0 Å². The zero-order valence-electron chi connectivity index (χ0n) is 16.3. The fourth-order valence-electron chi connectivity index (χ4n) is 6.52. The summed E-state index contributed by atoms with van der Waals surface area (Å²) < 4.78 is 2.04. The molecule has 0 radical (unpaired) electrons. The van der Waals surface area contributed by atoms with Crippen LogP contribution in [0.4, 0.5) is 0 Å². The van der Waals surface area contributed by atoms with Crippen molar-refractivity contribution in [3.05, 3.63) is 42.5 Å². The van der Waals surface area contributed by atoms with Crippen molar-refractivity contribution in [3.8, 4) is 5.69 Å². The fraction of sp³-hybridized carbons (Fsp3) is 0.591. The molecule has 1 amide bonds. The van der Waals surface area contributed by atoms with Crippen LogP contribution in [0.25, 0.3) is 5.69 Å². The molecule has 1 N–H and O–H groups in total. The van der Waals surface area contributed by atoms with Crippen LogP contribution in [0.3, 0.4) is 0 Å². The fourth-order valence-corrected chi connectivity index (χ4v) is 8.03. The largest absolute Gasteiger partial charge is 0.350 e.